The molecule has 0 aromatic heterocycles. The van der Waals surface area contributed by atoms with Gasteiger partial charge >= 0.3 is 0 Å². The van der Waals surface area contributed by atoms with E-state index in [1.807, 2.05) is 13.8 Å². The summed E-state index contributed by atoms with van der Waals surface area (Å²) in [5.41, 5.74) is 8.49. The first-order valence-corrected chi connectivity index (χ1v) is 6.01. The standard InChI is InChI=1S/C12H17Cl2NO/c1-7-9(5-4-6-15)12(16-3)11(14)8(2)10(7)13/h4-6,15H2,1-3H3. The Labute approximate surface area is 107 Å². The van der Waals surface area contributed by atoms with Gasteiger partial charge < -0.3 is 10.5 Å². The molecule has 0 fully saturated rings. The zero-order valence-corrected chi connectivity index (χ0v) is 11.4. The van der Waals surface area contributed by atoms with Crippen LogP contribution in [0.2, 0.25) is 10.0 Å². The Morgan fingerprint density at radius 1 is 1.12 bits per heavy atom. The quantitative estimate of drug-likeness (QED) is 0.901. The van der Waals surface area contributed by atoms with Crippen LogP contribution in [0.5, 0.6) is 5.75 Å². The number of hydrogen-bond donors (Lipinski definition) is 1. The van der Waals surface area contributed by atoms with Crippen LogP contribution in [-0.2, 0) is 6.42 Å². The average Bonchev–Trinajstić information content (AvgIpc) is 2.29. The fraction of sp³-hybridized carbons (Fsp3) is 0.500. The van der Waals surface area contributed by atoms with Crippen molar-refractivity contribution >= 4 is 23.2 Å². The van der Waals surface area contributed by atoms with Crippen LogP contribution in [0.25, 0.3) is 0 Å². The van der Waals surface area contributed by atoms with Crippen molar-refractivity contribution in [3.05, 3.63) is 26.7 Å². The highest BCUT2D eigenvalue weighted by atomic mass is 35.5. The van der Waals surface area contributed by atoms with Gasteiger partial charge in [-0.2, -0.15) is 0 Å². The highest BCUT2D eigenvalue weighted by molar-refractivity contribution is 6.37. The second kappa shape index (κ2) is 5.76. The van der Waals surface area contributed by atoms with Gasteiger partial charge in [0.2, 0.25) is 0 Å². The predicted octanol–water partition coefficient (Wildman–Crippen LogP) is 3.51. The van der Waals surface area contributed by atoms with E-state index in [4.69, 9.17) is 33.7 Å². The highest BCUT2D eigenvalue weighted by Gasteiger charge is 2.17. The molecule has 0 aliphatic heterocycles. The van der Waals surface area contributed by atoms with Gasteiger partial charge in [-0.15, -0.1) is 0 Å². The fourth-order valence-electron chi connectivity index (χ4n) is 1.78. The Bertz CT molecular complexity index is 391. The number of halogens is 2. The van der Waals surface area contributed by atoms with Crippen molar-refractivity contribution < 1.29 is 4.74 Å². The minimum absolute atomic E-state index is 0.602. The van der Waals surface area contributed by atoms with Gasteiger partial charge in [-0.25, -0.2) is 0 Å². The summed E-state index contributed by atoms with van der Waals surface area (Å²) in [4.78, 5) is 0. The van der Waals surface area contributed by atoms with Gasteiger partial charge in [-0.3, -0.25) is 0 Å². The summed E-state index contributed by atoms with van der Waals surface area (Å²) in [6.07, 6.45) is 1.73. The number of rotatable bonds is 4. The molecule has 1 aromatic rings. The van der Waals surface area contributed by atoms with Crippen molar-refractivity contribution in [3.63, 3.8) is 0 Å². The summed E-state index contributed by atoms with van der Waals surface area (Å²) < 4.78 is 5.36. The monoisotopic (exact) mass is 261 g/mol. The summed E-state index contributed by atoms with van der Waals surface area (Å²) in [5, 5.41) is 1.32. The molecule has 4 heteroatoms. The third-order valence-electron chi connectivity index (χ3n) is 2.75. The van der Waals surface area contributed by atoms with Crippen molar-refractivity contribution in [2.75, 3.05) is 13.7 Å². The Kier molecular flexibility index (Phi) is 4.90. The van der Waals surface area contributed by atoms with Crippen molar-refractivity contribution in [1.82, 2.24) is 0 Å². The van der Waals surface area contributed by atoms with Crippen LogP contribution in [-0.4, -0.2) is 13.7 Å². The van der Waals surface area contributed by atoms with Gasteiger partial charge in [-0.1, -0.05) is 23.2 Å². The number of ether oxygens (including phenoxy) is 1. The SMILES string of the molecule is COc1c(Cl)c(C)c(Cl)c(C)c1CCCN. The van der Waals surface area contributed by atoms with Gasteiger partial charge in [0.05, 0.1) is 12.1 Å². The molecule has 0 spiro atoms. The zero-order valence-electron chi connectivity index (χ0n) is 9.86. The number of hydrogen-bond acceptors (Lipinski definition) is 2. The minimum atomic E-state index is 0.602. The van der Waals surface area contributed by atoms with E-state index in [0.717, 1.165) is 40.3 Å². The average molecular weight is 262 g/mol. The van der Waals surface area contributed by atoms with Crippen LogP contribution >= 0.6 is 23.2 Å². The molecule has 0 bridgehead atoms. The molecule has 0 aliphatic carbocycles. The molecule has 16 heavy (non-hydrogen) atoms. The number of benzene rings is 1. The van der Waals surface area contributed by atoms with Gasteiger partial charge in [0, 0.05) is 10.6 Å². The van der Waals surface area contributed by atoms with E-state index in [0.29, 0.717) is 11.6 Å². The van der Waals surface area contributed by atoms with Crippen LogP contribution in [0.3, 0.4) is 0 Å². The third-order valence-corrected chi connectivity index (χ3v) is 3.77. The second-order valence-electron chi connectivity index (χ2n) is 3.78. The summed E-state index contributed by atoms with van der Waals surface area (Å²) in [5.74, 6) is 0.731. The zero-order chi connectivity index (χ0) is 12.3. The first kappa shape index (κ1) is 13.6. The van der Waals surface area contributed by atoms with Crippen molar-refractivity contribution in [2.24, 2.45) is 5.73 Å². The van der Waals surface area contributed by atoms with Crippen molar-refractivity contribution in [3.8, 4) is 5.75 Å². The fourth-order valence-corrected chi connectivity index (χ4v) is 2.32. The molecule has 0 saturated carbocycles. The smallest absolute Gasteiger partial charge is 0.141 e. The molecule has 1 aromatic carbocycles. The minimum Gasteiger partial charge on any atom is -0.495 e. The van der Waals surface area contributed by atoms with Crippen LogP contribution < -0.4 is 10.5 Å². The largest absolute Gasteiger partial charge is 0.495 e. The lowest BCUT2D eigenvalue weighted by atomic mass is 10.00. The van der Waals surface area contributed by atoms with Crippen LogP contribution in [0.1, 0.15) is 23.1 Å². The van der Waals surface area contributed by atoms with E-state index in [2.05, 4.69) is 0 Å². The van der Waals surface area contributed by atoms with Crippen molar-refractivity contribution in [1.29, 1.82) is 0 Å². The first-order valence-electron chi connectivity index (χ1n) is 5.25. The molecule has 0 aliphatic rings. The number of methoxy groups -OCH3 is 1. The maximum atomic E-state index is 6.22. The summed E-state index contributed by atoms with van der Waals surface area (Å²) in [7, 11) is 1.62. The molecule has 1 rings (SSSR count). The van der Waals surface area contributed by atoms with Gasteiger partial charge in [0.25, 0.3) is 0 Å². The Hall–Kier alpha value is -0.440. The molecule has 0 heterocycles. The summed E-state index contributed by atoms with van der Waals surface area (Å²) in [6.45, 7) is 4.53. The summed E-state index contributed by atoms with van der Waals surface area (Å²) >= 11 is 12.4. The molecule has 0 unspecified atom stereocenters. The normalized spacial score (nSPS) is 10.6. The van der Waals surface area contributed by atoms with Gasteiger partial charge in [0.1, 0.15) is 5.75 Å². The van der Waals surface area contributed by atoms with E-state index in [1.54, 1.807) is 7.11 Å². The molecule has 0 radical (unpaired) electrons. The van der Waals surface area contributed by atoms with Gasteiger partial charge in [-0.05, 0) is 44.4 Å². The molecule has 0 amide bonds. The van der Waals surface area contributed by atoms with E-state index in [9.17, 15) is 0 Å². The maximum Gasteiger partial charge on any atom is 0.141 e. The second-order valence-corrected chi connectivity index (χ2v) is 4.54. The maximum absolute atomic E-state index is 6.22. The van der Waals surface area contributed by atoms with Crippen LogP contribution in [0.15, 0.2) is 0 Å². The van der Waals surface area contributed by atoms with Crippen molar-refractivity contribution in [2.45, 2.75) is 26.7 Å². The van der Waals surface area contributed by atoms with Crippen LogP contribution in [0.4, 0.5) is 0 Å². The number of nitrogens with two attached hydrogens (primary N) is 1. The van der Waals surface area contributed by atoms with E-state index >= 15 is 0 Å². The Balaban J connectivity index is 3.33. The predicted molar refractivity (Wildman–Crippen MR) is 69.9 cm³/mol. The molecule has 2 nitrogen and oxygen atoms in total. The van der Waals surface area contributed by atoms with E-state index in [-0.39, 0.29) is 0 Å². The highest BCUT2D eigenvalue weighted by Crippen LogP contribution is 2.39. The molecule has 0 saturated heterocycles. The molecule has 0 atom stereocenters. The lowest BCUT2D eigenvalue weighted by Crippen LogP contribution is -2.04. The van der Waals surface area contributed by atoms with E-state index < -0.39 is 0 Å². The summed E-state index contributed by atoms with van der Waals surface area (Å²) in [6, 6.07) is 0. The molecular weight excluding hydrogens is 245 g/mol. The van der Waals surface area contributed by atoms with Crippen LogP contribution in [0, 0.1) is 13.8 Å². The first-order chi connectivity index (χ1) is 7.54. The molecule has 2 N–H and O–H groups in total. The van der Waals surface area contributed by atoms with Gasteiger partial charge in [0.15, 0.2) is 0 Å². The molecule has 90 valence electrons. The lowest BCUT2D eigenvalue weighted by molar-refractivity contribution is 0.408. The third kappa shape index (κ3) is 2.45. The lowest BCUT2D eigenvalue weighted by Gasteiger charge is -2.17. The Morgan fingerprint density at radius 3 is 2.25 bits per heavy atom. The topological polar surface area (TPSA) is 35.2 Å². The Morgan fingerprint density at radius 2 is 1.75 bits per heavy atom. The molecular formula is C12H17Cl2NO. The van der Waals surface area contributed by atoms with E-state index in [1.165, 1.54) is 0 Å².